The summed E-state index contributed by atoms with van der Waals surface area (Å²) in [5.74, 6) is 0.844. The smallest absolute Gasteiger partial charge is 0.162 e. The number of benzene rings is 1. The van der Waals surface area contributed by atoms with Crippen LogP contribution in [0.3, 0.4) is 0 Å². The van der Waals surface area contributed by atoms with Gasteiger partial charge in [0.1, 0.15) is 5.75 Å². The van der Waals surface area contributed by atoms with Crippen molar-refractivity contribution in [3.63, 3.8) is 0 Å². The van der Waals surface area contributed by atoms with Gasteiger partial charge < -0.3 is 10.1 Å². The van der Waals surface area contributed by atoms with Crippen LogP contribution < -0.4 is 10.1 Å². The molecule has 1 aromatic rings. The molecule has 16 heavy (non-hydrogen) atoms. The summed E-state index contributed by atoms with van der Waals surface area (Å²) in [6, 6.07) is 6.01. The molecule has 1 aliphatic rings. The molecule has 1 heterocycles. The van der Waals surface area contributed by atoms with E-state index in [2.05, 4.69) is 11.4 Å². The molecule has 0 spiro atoms. The Morgan fingerprint density at radius 1 is 1.44 bits per heavy atom. The van der Waals surface area contributed by atoms with Crippen molar-refractivity contribution >= 4 is 6.29 Å². The van der Waals surface area contributed by atoms with Gasteiger partial charge >= 0.3 is 0 Å². The van der Waals surface area contributed by atoms with Crippen LogP contribution in [0.1, 0.15) is 25.0 Å². The fourth-order valence-corrected chi connectivity index (χ4v) is 1.90. The van der Waals surface area contributed by atoms with E-state index in [4.69, 9.17) is 4.74 Å². The molecule has 0 unspecified atom stereocenters. The number of nitrogens with one attached hydrogen (secondary N) is 1. The van der Waals surface area contributed by atoms with Crippen molar-refractivity contribution in [2.45, 2.75) is 32.4 Å². The maximum atomic E-state index is 10.9. The summed E-state index contributed by atoms with van der Waals surface area (Å²) >= 11 is 0. The average Bonchev–Trinajstić information content (AvgIpc) is 2.29. The minimum Gasteiger partial charge on any atom is -0.480 e. The lowest BCUT2D eigenvalue weighted by atomic mass is 10.00. The summed E-state index contributed by atoms with van der Waals surface area (Å²) in [6.45, 7) is 5.41. The van der Waals surface area contributed by atoms with Crippen LogP contribution in [0.5, 0.6) is 5.75 Å². The van der Waals surface area contributed by atoms with Crippen molar-refractivity contribution in [1.29, 1.82) is 0 Å². The van der Waals surface area contributed by atoms with E-state index in [9.17, 15) is 4.79 Å². The lowest BCUT2D eigenvalue weighted by Crippen LogP contribution is -2.31. The van der Waals surface area contributed by atoms with Gasteiger partial charge in [-0.1, -0.05) is 12.1 Å². The Bertz CT molecular complexity index is 399. The molecule has 0 saturated carbocycles. The Morgan fingerprint density at radius 2 is 2.25 bits per heavy atom. The van der Waals surface area contributed by atoms with Crippen LogP contribution in [0.15, 0.2) is 18.2 Å². The first-order chi connectivity index (χ1) is 7.62. The first-order valence-corrected chi connectivity index (χ1v) is 5.59. The summed E-state index contributed by atoms with van der Waals surface area (Å²) in [7, 11) is 0. The average molecular weight is 219 g/mol. The van der Waals surface area contributed by atoms with Crippen molar-refractivity contribution < 1.29 is 9.53 Å². The Hall–Kier alpha value is -1.35. The minimum atomic E-state index is -0.750. The molecule has 3 nitrogen and oxygen atoms in total. The molecule has 0 atom stereocenters. The molecule has 0 aliphatic carbocycles. The van der Waals surface area contributed by atoms with E-state index in [0.717, 1.165) is 31.5 Å². The van der Waals surface area contributed by atoms with Crippen LogP contribution in [0.25, 0.3) is 0 Å². The van der Waals surface area contributed by atoms with Crippen molar-refractivity contribution in [2.24, 2.45) is 0 Å². The molecule has 2 rings (SSSR count). The van der Waals surface area contributed by atoms with Gasteiger partial charge in [-0.25, -0.2) is 0 Å². The number of rotatable bonds is 3. The predicted octanol–water partition coefficient (Wildman–Crippen LogP) is 1.69. The molecule has 86 valence electrons. The molecule has 1 aromatic carbocycles. The highest BCUT2D eigenvalue weighted by Gasteiger charge is 2.21. The van der Waals surface area contributed by atoms with Crippen LogP contribution in [0.4, 0.5) is 0 Å². The number of hydrogen-bond donors (Lipinski definition) is 1. The Labute approximate surface area is 95.8 Å². The van der Waals surface area contributed by atoms with Gasteiger partial charge in [-0.3, -0.25) is 4.79 Å². The molecule has 1 aliphatic heterocycles. The highest BCUT2D eigenvalue weighted by Crippen LogP contribution is 2.27. The van der Waals surface area contributed by atoms with Crippen molar-refractivity contribution in [3.05, 3.63) is 29.3 Å². The summed E-state index contributed by atoms with van der Waals surface area (Å²) in [5.41, 5.74) is 1.75. The minimum absolute atomic E-state index is 0.750. The molecule has 0 fully saturated rings. The molecule has 0 radical (unpaired) electrons. The van der Waals surface area contributed by atoms with E-state index in [1.165, 1.54) is 11.1 Å². The molecule has 0 bridgehead atoms. The molecular weight excluding hydrogens is 202 g/mol. The topological polar surface area (TPSA) is 38.3 Å². The van der Waals surface area contributed by atoms with Gasteiger partial charge in [0.2, 0.25) is 0 Å². The molecule has 0 aromatic heterocycles. The standard InChI is InChI=1S/C13H17NO2/c1-13(2,9-15)16-12-5-3-4-10-8-14-7-6-11(10)12/h3-5,9,14H,6-8H2,1-2H3. The zero-order valence-corrected chi connectivity index (χ0v) is 9.75. The summed E-state index contributed by atoms with van der Waals surface area (Å²) in [5, 5.41) is 3.32. The molecular formula is C13H17NO2. The highest BCUT2D eigenvalue weighted by atomic mass is 16.5. The molecule has 0 saturated heterocycles. The van der Waals surface area contributed by atoms with E-state index < -0.39 is 5.60 Å². The SMILES string of the molecule is CC(C)(C=O)Oc1cccc2c1CCNC2. The number of fused-ring (bicyclic) bond motifs is 1. The van der Waals surface area contributed by atoms with Crippen LogP contribution in [-0.2, 0) is 17.8 Å². The molecule has 0 amide bonds. The number of carbonyl (C=O) groups is 1. The Morgan fingerprint density at radius 3 is 3.00 bits per heavy atom. The number of hydrogen-bond acceptors (Lipinski definition) is 3. The third kappa shape index (κ3) is 2.25. The predicted molar refractivity (Wildman–Crippen MR) is 62.6 cm³/mol. The lowest BCUT2D eigenvalue weighted by Gasteiger charge is -2.25. The van der Waals surface area contributed by atoms with Gasteiger partial charge in [-0.05, 0) is 44.0 Å². The normalized spacial score (nSPS) is 15.4. The zero-order chi connectivity index (χ0) is 11.6. The lowest BCUT2D eigenvalue weighted by molar-refractivity contribution is -0.119. The van der Waals surface area contributed by atoms with E-state index in [-0.39, 0.29) is 0 Å². The van der Waals surface area contributed by atoms with E-state index in [0.29, 0.717) is 0 Å². The Balaban J connectivity index is 2.31. The third-order valence-electron chi connectivity index (χ3n) is 2.75. The van der Waals surface area contributed by atoms with E-state index in [1.807, 2.05) is 12.1 Å². The highest BCUT2D eigenvalue weighted by molar-refractivity contribution is 5.62. The van der Waals surface area contributed by atoms with Crippen molar-refractivity contribution in [3.8, 4) is 5.75 Å². The van der Waals surface area contributed by atoms with Gasteiger partial charge in [-0.15, -0.1) is 0 Å². The van der Waals surface area contributed by atoms with Gasteiger partial charge in [-0.2, -0.15) is 0 Å². The van der Waals surface area contributed by atoms with Crippen LogP contribution >= 0.6 is 0 Å². The summed E-state index contributed by atoms with van der Waals surface area (Å²) in [4.78, 5) is 10.9. The second-order valence-corrected chi connectivity index (χ2v) is 4.64. The van der Waals surface area contributed by atoms with Gasteiger partial charge in [0.25, 0.3) is 0 Å². The van der Waals surface area contributed by atoms with Gasteiger partial charge in [0.05, 0.1) is 0 Å². The molecule has 3 heteroatoms. The van der Waals surface area contributed by atoms with E-state index in [1.54, 1.807) is 13.8 Å². The molecule has 1 N–H and O–H groups in total. The third-order valence-corrected chi connectivity index (χ3v) is 2.75. The number of ether oxygens (including phenoxy) is 1. The summed E-state index contributed by atoms with van der Waals surface area (Å²) in [6.07, 6.45) is 1.80. The second kappa shape index (κ2) is 4.26. The van der Waals surface area contributed by atoms with Crippen LogP contribution in [0.2, 0.25) is 0 Å². The zero-order valence-electron chi connectivity index (χ0n) is 9.75. The first-order valence-electron chi connectivity index (χ1n) is 5.59. The fourth-order valence-electron chi connectivity index (χ4n) is 1.90. The van der Waals surface area contributed by atoms with Crippen molar-refractivity contribution in [2.75, 3.05) is 6.54 Å². The maximum Gasteiger partial charge on any atom is 0.162 e. The fraction of sp³-hybridized carbons (Fsp3) is 0.462. The number of carbonyl (C=O) groups excluding carboxylic acids is 1. The maximum absolute atomic E-state index is 10.9. The van der Waals surface area contributed by atoms with Gasteiger partial charge in [0.15, 0.2) is 11.9 Å². The monoisotopic (exact) mass is 219 g/mol. The Kier molecular flexibility index (Phi) is 2.97. The van der Waals surface area contributed by atoms with E-state index >= 15 is 0 Å². The summed E-state index contributed by atoms with van der Waals surface area (Å²) < 4.78 is 5.75. The quantitative estimate of drug-likeness (QED) is 0.786. The number of aldehydes is 1. The second-order valence-electron chi connectivity index (χ2n) is 4.64. The van der Waals surface area contributed by atoms with Crippen LogP contribution in [0, 0.1) is 0 Å². The first kappa shape index (κ1) is 11.1. The largest absolute Gasteiger partial charge is 0.480 e. The van der Waals surface area contributed by atoms with Gasteiger partial charge in [0, 0.05) is 6.54 Å². The van der Waals surface area contributed by atoms with Crippen LogP contribution in [-0.4, -0.2) is 18.4 Å². The van der Waals surface area contributed by atoms with Crippen molar-refractivity contribution in [1.82, 2.24) is 5.32 Å².